The molecule has 2 N–H and O–H groups in total. The molecule has 0 amide bonds. The molecule has 2 aromatic carbocycles. The van der Waals surface area contributed by atoms with Gasteiger partial charge in [-0.1, -0.05) is 60.7 Å². The molecule has 4 nitrogen and oxygen atoms in total. The Morgan fingerprint density at radius 1 is 0.773 bits per heavy atom. The molecule has 106 valence electrons. The first kappa shape index (κ1) is 12.6. The molecule has 0 fully saturated rings. The Labute approximate surface area is 127 Å². The first-order chi connectivity index (χ1) is 10.8. The molecule has 0 aliphatic carbocycles. The number of aromatic amines is 1. The SMILES string of the molecule is Oc1nc(-c2ccccc2)[nH]c2cc(-c3ccccc3)nc1-2. The van der Waals surface area contributed by atoms with E-state index in [2.05, 4.69) is 15.0 Å². The number of aromatic hydroxyl groups is 1. The van der Waals surface area contributed by atoms with Crippen LogP contribution in [0.2, 0.25) is 0 Å². The van der Waals surface area contributed by atoms with Crippen LogP contribution in [-0.2, 0) is 0 Å². The highest BCUT2D eigenvalue weighted by molar-refractivity contribution is 5.75. The van der Waals surface area contributed by atoms with Crippen molar-refractivity contribution in [3.63, 3.8) is 0 Å². The molecule has 4 rings (SSSR count). The summed E-state index contributed by atoms with van der Waals surface area (Å²) >= 11 is 0. The van der Waals surface area contributed by atoms with Crippen LogP contribution in [0.25, 0.3) is 34.0 Å². The summed E-state index contributed by atoms with van der Waals surface area (Å²) in [6, 6.07) is 21.5. The Morgan fingerprint density at radius 2 is 1.41 bits per heavy atom. The quantitative estimate of drug-likeness (QED) is 0.587. The van der Waals surface area contributed by atoms with Crippen molar-refractivity contribution in [1.82, 2.24) is 15.0 Å². The number of hydrogen-bond acceptors (Lipinski definition) is 3. The predicted octanol–water partition coefficient (Wildman–Crippen LogP) is 3.95. The molecule has 2 aliphatic heterocycles. The van der Waals surface area contributed by atoms with Crippen molar-refractivity contribution in [3.8, 4) is 39.9 Å². The summed E-state index contributed by atoms with van der Waals surface area (Å²) in [6.45, 7) is 0. The fourth-order valence-corrected chi connectivity index (χ4v) is 2.49. The molecular weight excluding hydrogens is 274 g/mol. The Balaban J connectivity index is 1.87. The van der Waals surface area contributed by atoms with Gasteiger partial charge in [0.05, 0.1) is 11.4 Å². The molecule has 4 heteroatoms. The number of benzene rings is 2. The van der Waals surface area contributed by atoms with Crippen LogP contribution in [0.4, 0.5) is 0 Å². The van der Waals surface area contributed by atoms with Gasteiger partial charge in [0, 0.05) is 11.1 Å². The first-order valence-electron chi connectivity index (χ1n) is 7.02. The monoisotopic (exact) mass is 287 g/mol. The second kappa shape index (κ2) is 5.00. The maximum Gasteiger partial charge on any atom is 0.241 e. The summed E-state index contributed by atoms with van der Waals surface area (Å²) in [6.07, 6.45) is 0. The van der Waals surface area contributed by atoms with E-state index in [-0.39, 0.29) is 5.88 Å². The average molecular weight is 287 g/mol. The average Bonchev–Trinajstić information content (AvgIpc) is 3.01. The standard InChI is InChI=1S/C18H13N3O/c22-18-16-15(11-14(19-16)12-7-3-1-4-8-12)20-17(21-18)13-9-5-2-6-10-13/h1-11,22H,(H,20,21). The number of aromatic nitrogens is 3. The topological polar surface area (TPSA) is 61.8 Å². The van der Waals surface area contributed by atoms with Gasteiger partial charge in [0.15, 0.2) is 0 Å². The summed E-state index contributed by atoms with van der Waals surface area (Å²) in [7, 11) is 0. The third kappa shape index (κ3) is 2.11. The van der Waals surface area contributed by atoms with Gasteiger partial charge in [-0.15, -0.1) is 0 Å². The normalized spacial score (nSPS) is 10.9. The molecular formula is C18H13N3O. The highest BCUT2D eigenvalue weighted by atomic mass is 16.3. The van der Waals surface area contributed by atoms with Gasteiger partial charge in [-0.2, -0.15) is 4.98 Å². The minimum absolute atomic E-state index is 0.0604. The fraction of sp³-hybridized carbons (Fsp3) is 0. The van der Waals surface area contributed by atoms with Gasteiger partial charge >= 0.3 is 0 Å². The van der Waals surface area contributed by atoms with Crippen LogP contribution in [0.5, 0.6) is 5.88 Å². The van der Waals surface area contributed by atoms with E-state index in [0.29, 0.717) is 11.5 Å². The van der Waals surface area contributed by atoms with E-state index in [1.807, 2.05) is 66.7 Å². The van der Waals surface area contributed by atoms with Gasteiger partial charge in [-0.3, -0.25) is 0 Å². The maximum absolute atomic E-state index is 10.2. The van der Waals surface area contributed by atoms with Crippen molar-refractivity contribution in [2.75, 3.05) is 0 Å². The lowest BCUT2D eigenvalue weighted by Crippen LogP contribution is -1.93. The zero-order chi connectivity index (χ0) is 14.9. The molecule has 0 saturated carbocycles. The van der Waals surface area contributed by atoms with E-state index < -0.39 is 0 Å². The van der Waals surface area contributed by atoms with Crippen molar-refractivity contribution in [2.24, 2.45) is 0 Å². The second-order valence-electron chi connectivity index (χ2n) is 5.04. The zero-order valence-electron chi connectivity index (χ0n) is 11.7. The maximum atomic E-state index is 10.2. The molecule has 0 aromatic heterocycles. The van der Waals surface area contributed by atoms with Crippen LogP contribution in [0.3, 0.4) is 0 Å². The highest BCUT2D eigenvalue weighted by Gasteiger charge is 2.17. The van der Waals surface area contributed by atoms with Crippen molar-refractivity contribution >= 4 is 0 Å². The number of nitrogens with one attached hydrogen (secondary N) is 1. The minimum atomic E-state index is -0.0604. The Bertz CT molecular complexity index is 885. The van der Waals surface area contributed by atoms with E-state index in [9.17, 15) is 5.11 Å². The van der Waals surface area contributed by atoms with Crippen molar-refractivity contribution in [3.05, 3.63) is 66.7 Å². The fourth-order valence-electron chi connectivity index (χ4n) is 2.49. The van der Waals surface area contributed by atoms with Gasteiger partial charge in [0.2, 0.25) is 5.88 Å². The summed E-state index contributed by atoms with van der Waals surface area (Å²) in [5.74, 6) is 0.562. The lowest BCUT2D eigenvalue weighted by atomic mass is 10.1. The van der Waals surface area contributed by atoms with Gasteiger partial charge in [0.1, 0.15) is 11.5 Å². The second-order valence-corrected chi connectivity index (χ2v) is 5.04. The molecule has 0 unspecified atom stereocenters. The van der Waals surface area contributed by atoms with Gasteiger partial charge in [-0.25, -0.2) is 4.98 Å². The van der Waals surface area contributed by atoms with Gasteiger partial charge in [-0.05, 0) is 6.07 Å². The molecule has 2 aliphatic rings. The van der Waals surface area contributed by atoms with Crippen LogP contribution < -0.4 is 0 Å². The minimum Gasteiger partial charge on any atom is -0.492 e. The lowest BCUT2D eigenvalue weighted by Gasteiger charge is -2.05. The molecule has 2 aromatic rings. The third-order valence-corrected chi connectivity index (χ3v) is 3.57. The molecule has 0 bridgehead atoms. The number of hydrogen-bond donors (Lipinski definition) is 2. The number of nitrogens with zero attached hydrogens (tertiary/aromatic N) is 2. The van der Waals surface area contributed by atoms with E-state index in [1.165, 1.54) is 0 Å². The van der Waals surface area contributed by atoms with E-state index in [0.717, 1.165) is 22.5 Å². The summed E-state index contributed by atoms with van der Waals surface area (Å²) in [4.78, 5) is 11.9. The molecule has 0 spiro atoms. The lowest BCUT2D eigenvalue weighted by molar-refractivity contribution is 0.453. The van der Waals surface area contributed by atoms with Crippen molar-refractivity contribution in [2.45, 2.75) is 0 Å². The smallest absolute Gasteiger partial charge is 0.241 e. The molecule has 0 atom stereocenters. The number of fused-ring (bicyclic) bond motifs is 1. The first-order valence-corrected chi connectivity index (χ1v) is 7.02. The summed E-state index contributed by atoms with van der Waals surface area (Å²) in [5.41, 5.74) is 3.99. The van der Waals surface area contributed by atoms with Crippen molar-refractivity contribution < 1.29 is 5.11 Å². The molecule has 2 heterocycles. The van der Waals surface area contributed by atoms with Crippen LogP contribution >= 0.6 is 0 Å². The molecule has 0 radical (unpaired) electrons. The summed E-state index contributed by atoms with van der Waals surface area (Å²) in [5, 5.41) is 10.2. The largest absolute Gasteiger partial charge is 0.492 e. The third-order valence-electron chi connectivity index (χ3n) is 3.57. The van der Waals surface area contributed by atoms with E-state index in [4.69, 9.17) is 0 Å². The van der Waals surface area contributed by atoms with Crippen LogP contribution in [0.15, 0.2) is 66.7 Å². The van der Waals surface area contributed by atoms with E-state index in [1.54, 1.807) is 0 Å². The van der Waals surface area contributed by atoms with Gasteiger partial charge in [0.25, 0.3) is 0 Å². The Morgan fingerprint density at radius 3 is 2.09 bits per heavy atom. The van der Waals surface area contributed by atoms with Crippen LogP contribution in [-0.4, -0.2) is 20.1 Å². The van der Waals surface area contributed by atoms with Gasteiger partial charge < -0.3 is 10.1 Å². The van der Waals surface area contributed by atoms with Crippen molar-refractivity contribution in [1.29, 1.82) is 0 Å². The zero-order valence-corrected chi connectivity index (χ0v) is 11.7. The number of H-pyrrole nitrogens is 1. The highest BCUT2D eigenvalue weighted by Crippen LogP contribution is 2.33. The predicted molar refractivity (Wildman–Crippen MR) is 85.5 cm³/mol. The summed E-state index contributed by atoms with van der Waals surface area (Å²) < 4.78 is 0. The molecule has 0 saturated heterocycles. The van der Waals surface area contributed by atoms with Crippen LogP contribution in [0.1, 0.15) is 0 Å². The van der Waals surface area contributed by atoms with E-state index >= 15 is 0 Å². The number of rotatable bonds is 2. The van der Waals surface area contributed by atoms with Crippen LogP contribution in [0, 0.1) is 0 Å². The molecule has 22 heavy (non-hydrogen) atoms. The Kier molecular flexibility index (Phi) is 2.86. The Hall–Kier alpha value is -3.14.